The van der Waals surface area contributed by atoms with Gasteiger partial charge in [0, 0.05) is 11.6 Å². The number of phenols is 2. The average molecular weight is 304 g/mol. The number of carbonyl (C=O) groups excluding carboxylic acids is 1. The van der Waals surface area contributed by atoms with Gasteiger partial charge in [-0.05, 0) is 42.7 Å². The standard InChI is InChI=1S/C16H14ClNO3/c17-11-6-7-12(14(20)9-11)16(21)18-8-2-4-10-3-1-5-13(19)15(10)18/h1,3,5-7,9,19-20H,2,4,8H2. The van der Waals surface area contributed by atoms with Crippen LogP contribution in [0, 0.1) is 0 Å². The van der Waals surface area contributed by atoms with Crippen LogP contribution in [-0.2, 0) is 6.42 Å². The fourth-order valence-electron chi connectivity index (χ4n) is 2.66. The smallest absolute Gasteiger partial charge is 0.262 e. The number of rotatable bonds is 1. The fraction of sp³-hybridized carbons (Fsp3) is 0.188. The summed E-state index contributed by atoms with van der Waals surface area (Å²) >= 11 is 5.79. The maximum atomic E-state index is 12.7. The number of aryl methyl sites for hydroxylation is 1. The monoisotopic (exact) mass is 303 g/mol. The zero-order valence-corrected chi connectivity index (χ0v) is 12.0. The average Bonchev–Trinajstić information content (AvgIpc) is 2.46. The Bertz CT molecular complexity index is 715. The maximum absolute atomic E-state index is 12.7. The third-order valence-electron chi connectivity index (χ3n) is 3.63. The van der Waals surface area contributed by atoms with E-state index in [4.69, 9.17) is 11.6 Å². The Labute approximate surface area is 127 Å². The Morgan fingerprint density at radius 1 is 1.14 bits per heavy atom. The summed E-state index contributed by atoms with van der Waals surface area (Å²) in [5.41, 5.74) is 1.64. The molecule has 21 heavy (non-hydrogen) atoms. The predicted octanol–water partition coefficient (Wildman–Crippen LogP) is 3.34. The van der Waals surface area contributed by atoms with Gasteiger partial charge in [-0.1, -0.05) is 23.7 Å². The van der Waals surface area contributed by atoms with Crippen LogP contribution < -0.4 is 4.90 Å². The molecule has 2 aromatic rings. The lowest BCUT2D eigenvalue weighted by molar-refractivity contribution is 0.0981. The molecule has 0 fully saturated rings. The largest absolute Gasteiger partial charge is 0.507 e. The van der Waals surface area contributed by atoms with E-state index in [2.05, 4.69) is 0 Å². The first-order valence-electron chi connectivity index (χ1n) is 6.69. The lowest BCUT2D eigenvalue weighted by Crippen LogP contribution is -2.35. The van der Waals surface area contributed by atoms with Crippen molar-refractivity contribution in [3.63, 3.8) is 0 Å². The number of halogens is 1. The molecule has 3 rings (SSSR count). The molecule has 0 aliphatic carbocycles. The first-order chi connectivity index (χ1) is 10.1. The first-order valence-corrected chi connectivity index (χ1v) is 7.07. The molecule has 2 aromatic carbocycles. The van der Waals surface area contributed by atoms with Crippen molar-refractivity contribution in [3.8, 4) is 11.5 Å². The molecule has 1 amide bonds. The van der Waals surface area contributed by atoms with Gasteiger partial charge in [0.15, 0.2) is 0 Å². The minimum atomic E-state index is -0.341. The van der Waals surface area contributed by atoms with Crippen molar-refractivity contribution in [1.29, 1.82) is 0 Å². The van der Waals surface area contributed by atoms with Gasteiger partial charge in [-0.3, -0.25) is 4.79 Å². The molecule has 2 N–H and O–H groups in total. The molecule has 0 spiro atoms. The zero-order chi connectivity index (χ0) is 15.0. The van der Waals surface area contributed by atoms with Crippen LogP contribution in [0.25, 0.3) is 0 Å². The van der Waals surface area contributed by atoms with E-state index in [9.17, 15) is 15.0 Å². The van der Waals surface area contributed by atoms with E-state index in [0.717, 1.165) is 18.4 Å². The van der Waals surface area contributed by atoms with Gasteiger partial charge < -0.3 is 15.1 Å². The molecule has 0 unspecified atom stereocenters. The number of hydrogen-bond acceptors (Lipinski definition) is 3. The minimum absolute atomic E-state index is 0.0778. The Balaban J connectivity index is 2.04. The second-order valence-electron chi connectivity index (χ2n) is 5.01. The SMILES string of the molecule is O=C(c1ccc(Cl)cc1O)N1CCCc2cccc(O)c21. The lowest BCUT2D eigenvalue weighted by Gasteiger charge is -2.30. The molecular weight excluding hydrogens is 290 g/mol. The highest BCUT2D eigenvalue weighted by Crippen LogP contribution is 2.37. The lowest BCUT2D eigenvalue weighted by atomic mass is 10.00. The van der Waals surface area contributed by atoms with E-state index < -0.39 is 0 Å². The summed E-state index contributed by atoms with van der Waals surface area (Å²) in [7, 11) is 0. The van der Waals surface area contributed by atoms with Crippen LogP contribution >= 0.6 is 11.6 Å². The van der Waals surface area contributed by atoms with Gasteiger partial charge in [0.1, 0.15) is 11.5 Å². The summed E-state index contributed by atoms with van der Waals surface area (Å²) in [5.74, 6) is -0.421. The topological polar surface area (TPSA) is 60.8 Å². The summed E-state index contributed by atoms with van der Waals surface area (Å²) in [6.45, 7) is 0.505. The molecule has 5 heteroatoms. The Hall–Kier alpha value is -2.20. The number of aromatic hydroxyl groups is 2. The summed E-state index contributed by atoms with van der Waals surface area (Å²) in [6.07, 6.45) is 1.64. The van der Waals surface area contributed by atoms with E-state index in [-0.39, 0.29) is 23.0 Å². The summed E-state index contributed by atoms with van der Waals surface area (Å²) in [4.78, 5) is 14.2. The Morgan fingerprint density at radius 2 is 1.95 bits per heavy atom. The quantitative estimate of drug-likeness (QED) is 0.849. The summed E-state index contributed by atoms with van der Waals surface area (Å²) in [5, 5.41) is 20.3. The normalized spacial score (nSPS) is 13.9. The van der Waals surface area contributed by atoms with Crippen LogP contribution in [0.3, 0.4) is 0 Å². The van der Waals surface area contributed by atoms with E-state index in [0.29, 0.717) is 17.3 Å². The van der Waals surface area contributed by atoms with Gasteiger partial charge in [0.2, 0.25) is 0 Å². The Kier molecular flexibility index (Phi) is 3.47. The molecule has 1 heterocycles. The van der Waals surface area contributed by atoms with Gasteiger partial charge in [-0.2, -0.15) is 0 Å². The molecule has 4 nitrogen and oxygen atoms in total. The molecule has 0 bridgehead atoms. The number of amides is 1. The van der Waals surface area contributed by atoms with Crippen LogP contribution in [0.4, 0.5) is 5.69 Å². The predicted molar refractivity (Wildman–Crippen MR) is 81.2 cm³/mol. The first kappa shape index (κ1) is 13.8. The number of benzene rings is 2. The summed E-state index contributed by atoms with van der Waals surface area (Å²) in [6, 6.07) is 9.62. The van der Waals surface area contributed by atoms with Crippen molar-refractivity contribution < 1.29 is 15.0 Å². The van der Waals surface area contributed by atoms with Crippen LogP contribution in [0.5, 0.6) is 11.5 Å². The third-order valence-corrected chi connectivity index (χ3v) is 3.87. The van der Waals surface area contributed by atoms with Crippen molar-refractivity contribution in [1.82, 2.24) is 0 Å². The van der Waals surface area contributed by atoms with E-state index in [1.165, 1.54) is 17.0 Å². The highest BCUT2D eigenvalue weighted by atomic mass is 35.5. The number of phenolic OH excluding ortho intramolecular Hbond substituents is 2. The number of carbonyl (C=O) groups is 1. The Morgan fingerprint density at radius 3 is 2.71 bits per heavy atom. The minimum Gasteiger partial charge on any atom is -0.507 e. The van der Waals surface area contributed by atoms with Gasteiger partial charge in [-0.25, -0.2) is 0 Å². The second kappa shape index (κ2) is 5.30. The van der Waals surface area contributed by atoms with E-state index in [1.807, 2.05) is 6.07 Å². The van der Waals surface area contributed by atoms with Gasteiger partial charge in [-0.15, -0.1) is 0 Å². The number of anilines is 1. The molecule has 0 aromatic heterocycles. The van der Waals surface area contributed by atoms with Crippen LogP contribution in [0.2, 0.25) is 5.02 Å². The van der Waals surface area contributed by atoms with Gasteiger partial charge in [0.05, 0.1) is 11.3 Å². The van der Waals surface area contributed by atoms with Crippen LogP contribution in [0.1, 0.15) is 22.3 Å². The van der Waals surface area contributed by atoms with Crippen LogP contribution in [-0.4, -0.2) is 22.7 Å². The zero-order valence-electron chi connectivity index (χ0n) is 11.2. The highest BCUT2D eigenvalue weighted by molar-refractivity contribution is 6.31. The van der Waals surface area contributed by atoms with Crippen molar-refractivity contribution in [3.05, 3.63) is 52.5 Å². The van der Waals surface area contributed by atoms with Crippen LogP contribution in [0.15, 0.2) is 36.4 Å². The molecule has 108 valence electrons. The molecular formula is C16H14ClNO3. The molecule has 0 atom stereocenters. The van der Waals surface area contributed by atoms with Crippen molar-refractivity contribution in [2.24, 2.45) is 0 Å². The fourth-order valence-corrected chi connectivity index (χ4v) is 2.83. The molecule has 0 saturated carbocycles. The van der Waals surface area contributed by atoms with Gasteiger partial charge in [0.25, 0.3) is 5.91 Å². The van der Waals surface area contributed by atoms with E-state index in [1.54, 1.807) is 18.2 Å². The second-order valence-corrected chi connectivity index (χ2v) is 5.44. The van der Waals surface area contributed by atoms with Crippen molar-refractivity contribution in [2.45, 2.75) is 12.8 Å². The number of para-hydroxylation sites is 1. The molecule has 1 aliphatic heterocycles. The summed E-state index contributed by atoms with van der Waals surface area (Å²) < 4.78 is 0. The van der Waals surface area contributed by atoms with E-state index >= 15 is 0 Å². The molecule has 0 radical (unpaired) electrons. The number of nitrogens with zero attached hydrogens (tertiary/aromatic N) is 1. The van der Waals surface area contributed by atoms with Gasteiger partial charge >= 0.3 is 0 Å². The number of fused-ring (bicyclic) bond motifs is 1. The van der Waals surface area contributed by atoms with Crippen molar-refractivity contribution >= 4 is 23.2 Å². The van der Waals surface area contributed by atoms with Crippen molar-refractivity contribution in [2.75, 3.05) is 11.4 Å². The third kappa shape index (κ3) is 2.43. The molecule has 1 aliphatic rings. The highest BCUT2D eigenvalue weighted by Gasteiger charge is 2.27. The molecule has 0 saturated heterocycles. The number of hydrogen-bond donors (Lipinski definition) is 2. The maximum Gasteiger partial charge on any atom is 0.262 e.